The molecule has 0 bridgehead atoms. The lowest BCUT2D eigenvalue weighted by Crippen LogP contribution is -2.51. The maximum absolute atomic E-state index is 5.05. The summed E-state index contributed by atoms with van der Waals surface area (Å²) in [6.07, 6.45) is 0. The molecule has 0 atom stereocenters. The number of hydrogen-bond acceptors (Lipinski definition) is 8. The molecule has 8 aromatic heterocycles. The number of benzene rings is 20. The quantitative estimate of drug-likeness (QED) is 0.0884. The largest absolute Gasteiger partial charge is 0.246 e. The van der Waals surface area contributed by atoms with Crippen LogP contribution in [-0.2, 0) is 0 Å². The zero-order chi connectivity index (χ0) is 92.9. The first-order chi connectivity index (χ1) is 69.4. The molecule has 0 radical (unpaired) electrons. The molecule has 32 rings (SSSR count). The highest BCUT2D eigenvalue weighted by atomic mass is 35.5. The Kier molecular flexibility index (Phi) is 22.3. The zero-order valence-corrected chi connectivity index (χ0v) is 84.7. The monoisotopic (exact) mass is 2000 g/mol. The Morgan fingerprint density at radius 3 is 0.407 bits per heavy atom. The van der Waals surface area contributed by atoms with Crippen LogP contribution in [0.5, 0.6) is 0 Å². The highest BCUT2D eigenvalue weighted by Crippen LogP contribution is 2.46. The summed E-state index contributed by atoms with van der Waals surface area (Å²) in [5.74, 6) is 2.23. The number of thiophene rings is 8. The first kappa shape index (κ1) is 86.7. The van der Waals surface area contributed by atoms with E-state index in [0.29, 0.717) is 23.5 Å². The number of fused-ring (bicyclic) bond motifs is 12. The van der Waals surface area contributed by atoms with Gasteiger partial charge in [-0.25, -0.2) is 0 Å². The van der Waals surface area contributed by atoms with E-state index in [2.05, 4.69) is 407 Å². The topological polar surface area (TPSA) is 0 Å². The Bertz CT molecular complexity index is 8240. The van der Waals surface area contributed by atoms with Gasteiger partial charge in [-0.2, -0.15) is 0 Å². The van der Waals surface area contributed by atoms with Crippen LogP contribution in [0.3, 0.4) is 0 Å². The van der Waals surface area contributed by atoms with Crippen LogP contribution in [0.2, 0.25) is 0 Å². The number of alkyl halides is 4. The van der Waals surface area contributed by atoms with Gasteiger partial charge < -0.3 is 0 Å². The summed E-state index contributed by atoms with van der Waals surface area (Å²) in [6.45, 7) is 0.809. The summed E-state index contributed by atoms with van der Waals surface area (Å²) in [5.41, 5.74) is 28.3. The Hall–Kier alpha value is -12.4. The van der Waals surface area contributed by atoms with Gasteiger partial charge in [-0.1, -0.05) is 313 Å². The van der Waals surface area contributed by atoms with E-state index in [1.807, 2.05) is 90.7 Å². The van der Waals surface area contributed by atoms with Crippen molar-refractivity contribution in [3.8, 4) is 44.5 Å². The summed E-state index contributed by atoms with van der Waals surface area (Å²) >= 11 is 35.3. The lowest BCUT2D eigenvalue weighted by atomic mass is 9.36. The van der Waals surface area contributed by atoms with Gasteiger partial charge in [-0.05, 0) is 333 Å². The number of halogens is 4. The molecule has 4 aliphatic heterocycles. The summed E-state index contributed by atoms with van der Waals surface area (Å²) < 4.78 is 11.0. The number of rotatable bonds is 6. The molecule has 0 saturated heterocycles. The van der Waals surface area contributed by atoms with Crippen molar-refractivity contribution in [3.63, 3.8) is 0 Å². The third kappa shape index (κ3) is 14.0. The van der Waals surface area contributed by atoms with Crippen LogP contribution in [-0.4, -0.2) is 50.4 Å². The van der Waals surface area contributed by atoms with Crippen LogP contribution in [0.15, 0.2) is 407 Å². The molecule has 0 unspecified atom stereocenters. The van der Waals surface area contributed by atoms with Crippen molar-refractivity contribution in [2.24, 2.45) is 0 Å². The third-order valence-electron chi connectivity index (χ3n) is 29.2. The molecule has 140 heavy (non-hydrogen) atoms. The summed E-state index contributed by atoms with van der Waals surface area (Å²) in [7, 11) is 0. The van der Waals surface area contributed by atoms with E-state index >= 15 is 0 Å². The van der Waals surface area contributed by atoms with E-state index in [0.717, 1.165) is 0 Å². The molecule has 20 aromatic carbocycles. The molecule has 0 saturated carbocycles. The van der Waals surface area contributed by atoms with Gasteiger partial charge in [0.05, 0.1) is 0 Å². The van der Waals surface area contributed by atoms with Crippen molar-refractivity contribution in [1.29, 1.82) is 0 Å². The minimum absolute atomic E-state index is 0.202. The minimum atomic E-state index is 0.202. The van der Waals surface area contributed by atoms with Gasteiger partial charge in [0, 0.05) is 61.1 Å². The lowest BCUT2D eigenvalue weighted by molar-refractivity contribution is 1.52. The zero-order valence-electron chi connectivity index (χ0n) is 75.2. The second kappa shape index (κ2) is 36.0. The molecule has 0 spiro atoms. The smallest absolute Gasteiger partial charge is 0.144 e. The molecule has 0 nitrogen and oxygen atoms in total. The molecule has 660 valence electrons. The second-order valence-corrected chi connectivity index (χ2v) is 45.2. The molecule has 4 aliphatic rings. The van der Waals surface area contributed by atoms with Crippen LogP contribution in [0.25, 0.3) is 211 Å². The fraction of sp³-hybridized carbons (Fsp3) is 0.0323. The van der Waals surface area contributed by atoms with E-state index in [1.54, 1.807) is 0 Å². The first-order valence-electron chi connectivity index (χ1n) is 47.2. The molecular formula is C124H76B4Cl4S8. The fourth-order valence-electron chi connectivity index (χ4n) is 23.8. The number of hydrogen-bond donors (Lipinski definition) is 0. The first-order valence-corrected chi connectivity index (χ1v) is 56.4. The molecule has 16 heteroatoms. The van der Waals surface area contributed by atoms with Crippen molar-refractivity contribution < 1.29 is 0 Å². The minimum Gasteiger partial charge on any atom is -0.144 e. The Labute approximate surface area is 862 Å². The van der Waals surface area contributed by atoms with E-state index in [9.17, 15) is 0 Å². The highest BCUT2D eigenvalue weighted by Gasteiger charge is 2.40. The molecule has 0 fully saturated rings. The molecule has 12 heterocycles. The molecule has 28 aromatic rings. The van der Waals surface area contributed by atoms with Crippen molar-refractivity contribution in [2.75, 3.05) is 23.5 Å². The Balaban J connectivity index is 0.0000000913. The van der Waals surface area contributed by atoms with E-state index in [4.69, 9.17) is 46.4 Å². The van der Waals surface area contributed by atoms with Crippen LogP contribution in [0, 0.1) is 0 Å². The third-order valence-corrected chi connectivity index (χ3v) is 38.1. The summed E-state index contributed by atoms with van der Waals surface area (Å²) in [6, 6.07) is 135. The lowest BCUT2D eigenvalue weighted by Gasteiger charge is -2.19. The van der Waals surface area contributed by atoms with Crippen molar-refractivity contribution in [2.45, 2.75) is 0 Å². The molecule has 0 N–H and O–H groups in total. The standard InChI is InChI=1S/4C30H17BS2.2C2H4Cl2/c4*1-3-9-20-18(7-1)15-19-8-2-4-10-21(19)30(20)31-24-16-32-26-13-5-11-22(28(24)26)23-12-6-14-27-29(23)25(31)17-33-27;2*3-1-2-4/h4*1-17H;2*1-2H2. The molecule has 0 amide bonds. The maximum Gasteiger partial charge on any atom is 0.246 e. The van der Waals surface area contributed by atoms with Gasteiger partial charge in [0.15, 0.2) is 0 Å². The normalized spacial score (nSPS) is 12.5. The average Bonchev–Trinajstić information content (AvgIpc) is 1.56. The van der Waals surface area contributed by atoms with E-state index in [1.165, 1.54) is 277 Å². The predicted molar refractivity (Wildman–Crippen MR) is 638 cm³/mol. The van der Waals surface area contributed by atoms with Gasteiger partial charge in [0.1, 0.15) is 0 Å². The van der Waals surface area contributed by atoms with Crippen LogP contribution in [0.4, 0.5) is 0 Å². The predicted octanol–water partition coefficient (Wildman–Crippen LogP) is 30.6. The van der Waals surface area contributed by atoms with E-state index < -0.39 is 0 Å². The SMILES string of the molecule is ClCCCl.ClCCCl.c1ccc2c(B3c4csc5cccc(c45)-c4cccc5scc3c45)c3ccccc3cc2c1.c1ccc2c(B3c4csc5cccc(c45)-c4cccc5scc3c45)c3ccccc3cc2c1.c1ccc2c(B3c4csc5cccc(c45)-c4cccc5scc3c45)c3ccccc3cc2c1.c1ccc2c(B3c4csc5cccc(c45)-c4cccc5scc3c45)c3ccccc3cc2c1. The summed E-state index contributed by atoms with van der Waals surface area (Å²) in [4.78, 5) is 0. The van der Waals surface area contributed by atoms with Crippen molar-refractivity contribution in [3.05, 3.63) is 407 Å². The van der Waals surface area contributed by atoms with Gasteiger partial charge in [-0.15, -0.1) is 137 Å². The van der Waals surface area contributed by atoms with Crippen LogP contribution < -0.4 is 65.6 Å². The van der Waals surface area contributed by atoms with Crippen molar-refractivity contribution in [1.82, 2.24) is 0 Å². The van der Waals surface area contributed by atoms with E-state index in [-0.39, 0.29) is 26.9 Å². The van der Waals surface area contributed by atoms with Gasteiger partial charge in [-0.3, -0.25) is 0 Å². The van der Waals surface area contributed by atoms with Crippen LogP contribution >= 0.6 is 137 Å². The second-order valence-electron chi connectivity index (χ2n) is 36.4. The van der Waals surface area contributed by atoms with Crippen LogP contribution in [0.1, 0.15) is 0 Å². The van der Waals surface area contributed by atoms with Crippen molar-refractivity contribution >= 4 is 396 Å². The Morgan fingerprint density at radius 2 is 0.279 bits per heavy atom. The van der Waals surface area contributed by atoms with Gasteiger partial charge in [0.2, 0.25) is 26.9 Å². The average molecular weight is 2010 g/mol. The van der Waals surface area contributed by atoms with Gasteiger partial charge in [0.25, 0.3) is 0 Å². The van der Waals surface area contributed by atoms with Gasteiger partial charge >= 0.3 is 0 Å². The molecular weight excluding hydrogens is 1930 g/mol. The Morgan fingerprint density at radius 1 is 0.150 bits per heavy atom. The molecule has 0 aliphatic carbocycles. The summed E-state index contributed by atoms with van der Waals surface area (Å²) in [5, 5.41) is 52.2. The maximum atomic E-state index is 5.05. The highest BCUT2D eigenvalue weighted by molar-refractivity contribution is 7.26. The fourth-order valence-corrected chi connectivity index (χ4v) is 31.8.